The molecule has 5 fully saturated rings. The molecule has 1 aliphatic heterocycles. The van der Waals surface area contributed by atoms with Gasteiger partial charge >= 0.3 is 0 Å². The van der Waals surface area contributed by atoms with E-state index in [1.54, 1.807) is 4.90 Å². The number of sulfonamides is 1. The summed E-state index contributed by atoms with van der Waals surface area (Å²) in [7, 11) is -7.26. The summed E-state index contributed by atoms with van der Waals surface area (Å²) in [5.74, 6) is 0.700. The van der Waals surface area contributed by atoms with Crippen molar-refractivity contribution in [2.24, 2.45) is 11.8 Å². The molecule has 0 spiro atoms. The van der Waals surface area contributed by atoms with Crippen molar-refractivity contribution in [3.63, 3.8) is 0 Å². The minimum atomic E-state index is -3.85. The van der Waals surface area contributed by atoms with Gasteiger partial charge < -0.3 is 10.2 Å². The van der Waals surface area contributed by atoms with Crippen LogP contribution in [0.4, 0.5) is 0 Å². The Kier molecular flexibility index (Phi) is 6.02. The molecule has 4 saturated carbocycles. The van der Waals surface area contributed by atoms with Crippen LogP contribution in [0.25, 0.3) is 0 Å². The monoisotopic (exact) mass is 520 g/mol. The van der Waals surface area contributed by atoms with Crippen LogP contribution in [0, 0.1) is 23.2 Å². The van der Waals surface area contributed by atoms with E-state index in [2.05, 4.69) is 16.1 Å². The van der Waals surface area contributed by atoms with Crippen molar-refractivity contribution in [3.05, 3.63) is 24.3 Å². The first-order valence-electron chi connectivity index (χ1n) is 12.2. The summed E-state index contributed by atoms with van der Waals surface area (Å²) in [5.41, 5.74) is -0.887. The van der Waals surface area contributed by atoms with Gasteiger partial charge in [0.15, 0.2) is 9.84 Å². The lowest BCUT2D eigenvalue weighted by Crippen LogP contribution is -2.69. The molecule has 1 aromatic carbocycles. The number of amides is 1. The molecule has 9 nitrogen and oxygen atoms in total. The van der Waals surface area contributed by atoms with Gasteiger partial charge in [-0.1, -0.05) is 0 Å². The maximum atomic E-state index is 13.3. The zero-order chi connectivity index (χ0) is 25.1. The summed E-state index contributed by atoms with van der Waals surface area (Å²) in [6.45, 7) is 0.770. The zero-order valence-electron chi connectivity index (χ0n) is 19.9. The number of nitriles is 1. The van der Waals surface area contributed by atoms with Gasteiger partial charge in [0.1, 0.15) is 6.04 Å². The van der Waals surface area contributed by atoms with Gasteiger partial charge in [-0.3, -0.25) is 4.79 Å². The van der Waals surface area contributed by atoms with E-state index in [0.29, 0.717) is 31.2 Å². The quantitative estimate of drug-likeness (QED) is 0.557. The Labute approximate surface area is 207 Å². The lowest BCUT2D eigenvalue weighted by Gasteiger charge is -2.62. The lowest BCUT2D eigenvalue weighted by molar-refractivity contribution is -0.131. The van der Waals surface area contributed by atoms with Crippen molar-refractivity contribution in [2.75, 3.05) is 19.3 Å². The largest absolute Gasteiger partial charge is 0.326 e. The zero-order valence-corrected chi connectivity index (χ0v) is 21.5. The van der Waals surface area contributed by atoms with Crippen LogP contribution in [0.2, 0.25) is 0 Å². The third-order valence-electron chi connectivity index (χ3n) is 8.31. The lowest BCUT2D eigenvalue weighted by atomic mass is 9.50. The van der Waals surface area contributed by atoms with Crippen molar-refractivity contribution in [3.8, 4) is 6.07 Å². The van der Waals surface area contributed by atoms with Gasteiger partial charge in [0.2, 0.25) is 15.9 Å². The Hall–Kier alpha value is -2.00. The highest BCUT2D eigenvalue weighted by atomic mass is 32.2. The summed E-state index contributed by atoms with van der Waals surface area (Å²) in [4.78, 5) is 14.6. The van der Waals surface area contributed by atoms with Crippen LogP contribution >= 0.6 is 0 Å². The van der Waals surface area contributed by atoms with Crippen LogP contribution in [0.3, 0.4) is 0 Å². The second-order valence-electron chi connectivity index (χ2n) is 11.1. The van der Waals surface area contributed by atoms with Crippen LogP contribution in [-0.2, 0) is 24.7 Å². The molecule has 11 heteroatoms. The van der Waals surface area contributed by atoms with Crippen LogP contribution in [0.15, 0.2) is 34.1 Å². The molecule has 2 N–H and O–H groups in total. The molecule has 1 amide bonds. The number of carbonyl (C=O) groups excluding carboxylic acids is 1. The Morgan fingerprint density at radius 1 is 1.06 bits per heavy atom. The second-order valence-corrected chi connectivity index (χ2v) is 14.8. The Morgan fingerprint density at radius 3 is 2.26 bits per heavy atom. The van der Waals surface area contributed by atoms with Crippen molar-refractivity contribution in [1.82, 2.24) is 14.9 Å². The summed E-state index contributed by atoms with van der Waals surface area (Å²) < 4.78 is 53.1. The molecule has 1 aromatic rings. The number of hydrogen-bond acceptors (Lipinski definition) is 7. The molecule has 35 heavy (non-hydrogen) atoms. The standard InChI is InChI=1S/C24H32N4O5S2/c1-34(30,31)20-4-6-21(7-5-20)35(32,33)27-24-12-17-9-18(13-24)11-23(10-17,16-24)26-15-22(29)28-8-2-3-19(28)14-25/h4-7,17-19,26-27H,2-3,8-13,15-16H2,1H3. The van der Waals surface area contributed by atoms with Gasteiger partial charge in [-0.25, -0.2) is 21.6 Å². The fourth-order valence-corrected chi connectivity index (χ4v) is 9.41. The molecule has 4 bridgehead atoms. The molecular formula is C24H32N4O5S2. The van der Waals surface area contributed by atoms with Crippen LogP contribution in [0.1, 0.15) is 51.4 Å². The highest BCUT2D eigenvalue weighted by Crippen LogP contribution is 2.57. The smallest absolute Gasteiger partial charge is 0.241 e. The molecule has 0 aromatic heterocycles. The van der Waals surface area contributed by atoms with Gasteiger partial charge in [-0.2, -0.15) is 5.26 Å². The molecule has 3 atom stereocenters. The van der Waals surface area contributed by atoms with Crippen molar-refractivity contribution >= 4 is 25.8 Å². The number of hydrogen-bond donors (Lipinski definition) is 2. The number of sulfone groups is 1. The van der Waals surface area contributed by atoms with Crippen molar-refractivity contribution in [2.45, 2.75) is 78.3 Å². The minimum Gasteiger partial charge on any atom is -0.326 e. The third-order valence-corrected chi connectivity index (χ3v) is 11.0. The number of rotatable bonds is 7. The number of benzene rings is 1. The first kappa shape index (κ1) is 24.7. The Balaban J connectivity index is 1.32. The summed E-state index contributed by atoms with van der Waals surface area (Å²) in [6.07, 6.45) is 7.72. The predicted molar refractivity (Wildman–Crippen MR) is 128 cm³/mol. The van der Waals surface area contributed by atoms with E-state index in [0.717, 1.165) is 44.8 Å². The second kappa shape index (κ2) is 8.54. The molecule has 1 heterocycles. The maximum absolute atomic E-state index is 13.3. The Morgan fingerprint density at radius 2 is 1.66 bits per heavy atom. The highest BCUT2D eigenvalue weighted by molar-refractivity contribution is 7.90. The molecule has 0 radical (unpaired) electrons. The molecule has 6 rings (SSSR count). The van der Waals surface area contributed by atoms with Gasteiger partial charge in [0.05, 0.1) is 22.4 Å². The highest BCUT2D eigenvalue weighted by Gasteiger charge is 2.58. The van der Waals surface area contributed by atoms with Gasteiger partial charge in [0.25, 0.3) is 0 Å². The maximum Gasteiger partial charge on any atom is 0.241 e. The van der Waals surface area contributed by atoms with Crippen molar-refractivity contribution < 1.29 is 21.6 Å². The van der Waals surface area contributed by atoms with Gasteiger partial charge in [-0.05, 0) is 87.5 Å². The van der Waals surface area contributed by atoms with Crippen molar-refractivity contribution in [1.29, 1.82) is 5.26 Å². The average Bonchev–Trinajstić information content (AvgIpc) is 3.24. The molecule has 4 aliphatic carbocycles. The van der Waals surface area contributed by atoms with E-state index in [9.17, 15) is 26.9 Å². The average molecular weight is 521 g/mol. The fraction of sp³-hybridized carbons (Fsp3) is 0.667. The van der Waals surface area contributed by atoms with Gasteiger partial charge in [0, 0.05) is 23.9 Å². The summed E-state index contributed by atoms with van der Waals surface area (Å²) >= 11 is 0. The minimum absolute atomic E-state index is 0.0504. The van der Waals surface area contributed by atoms with Crippen LogP contribution in [-0.4, -0.2) is 64.1 Å². The van der Waals surface area contributed by atoms with E-state index < -0.39 is 25.4 Å². The number of carbonyl (C=O) groups is 1. The summed E-state index contributed by atoms with van der Waals surface area (Å²) in [6, 6.07) is 7.19. The van der Waals surface area contributed by atoms with Crippen LogP contribution < -0.4 is 10.0 Å². The number of likely N-dealkylation sites (tertiary alicyclic amines) is 1. The Bertz CT molecular complexity index is 1260. The molecule has 1 saturated heterocycles. The van der Waals surface area contributed by atoms with Crippen LogP contribution in [0.5, 0.6) is 0 Å². The van der Waals surface area contributed by atoms with E-state index in [1.165, 1.54) is 24.3 Å². The molecule has 190 valence electrons. The predicted octanol–water partition coefficient (Wildman–Crippen LogP) is 1.56. The SMILES string of the molecule is CS(=O)(=O)c1ccc(S(=O)(=O)NC23CC4CC(CC(NCC(=O)N5CCCC5C#N)(C4)C2)C3)cc1. The first-order chi connectivity index (χ1) is 16.4. The number of nitrogens with zero attached hydrogens (tertiary/aromatic N) is 2. The van der Waals surface area contributed by atoms with E-state index in [-0.39, 0.29) is 33.8 Å². The molecular weight excluding hydrogens is 488 g/mol. The van der Waals surface area contributed by atoms with E-state index >= 15 is 0 Å². The first-order valence-corrected chi connectivity index (χ1v) is 15.6. The third kappa shape index (κ3) is 4.73. The van der Waals surface area contributed by atoms with Gasteiger partial charge in [-0.15, -0.1) is 0 Å². The fourth-order valence-electron chi connectivity index (χ4n) is 7.36. The van der Waals surface area contributed by atoms with E-state index in [4.69, 9.17) is 0 Å². The van der Waals surface area contributed by atoms with E-state index in [1.807, 2.05) is 0 Å². The molecule has 3 unspecified atom stereocenters. The summed E-state index contributed by atoms with van der Waals surface area (Å²) in [5, 5.41) is 12.8. The number of nitrogens with one attached hydrogen (secondary N) is 2. The normalized spacial score (nSPS) is 34.2. The molecule has 5 aliphatic rings. The topological polar surface area (TPSA) is 136 Å².